The van der Waals surface area contributed by atoms with Gasteiger partial charge in [-0.2, -0.15) is 0 Å². The molecule has 0 N–H and O–H groups in total. The first-order chi connectivity index (χ1) is 22.6. The second-order valence-corrected chi connectivity index (χ2v) is 15.6. The summed E-state index contributed by atoms with van der Waals surface area (Å²) in [6, 6.07) is 0. The topological polar surface area (TPSA) is 3.24 Å². The molecule has 0 bridgehead atoms. The number of allylic oxidation sites excluding steroid dienone is 1. The molecule has 1 heteroatoms. The lowest BCUT2D eigenvalue weighted by Crippen LogP contribution is -2.27. The van der Waals surface area contributed by atoms with Crippen LogP contribution in [-0.2, 0) is 0 Å². The van der Waals surface area contributed by atoms with Crippen molar-refractivity contribution in [2.24, 2.45) is 11.8 Å². The third-order valence-electron chi connectivity index (χ3n) is 10.9. The van der Waals surface area contributed by atoms with Gasteiger partial charge in [-0.25, -0.2) is 0 Å². The molecule has 0 aromatic heterocycles. The minimum absolute atomic E-state index is 0.951. The maximum Gasteiger partial charge on any atom is -0.00187 e. The van der Waals surface area contributed by atoms with E-state index in [-0.39, 0.29) is 0 Å². The van der Waals surface area contributed by atoms with E-state index < -0.39 is 0 Å². The van der Waals surface area contributed by atoms with Gasteiger partial charge in [0.05, 0.1) is 0 Å². The molecule has 0 radical (unpaired) electrons. The highest BCUT2D eigenvalue weighted by molar-refractivity contribution is 4.94. The largest absolute Gasteiger partial charge is 0.303 e. The molecule has 0 heterocycles. The van der Waals surface area contributed by atoms with Gasteiger partial charge in [-0.05, 0) is 76.4 Å². The van der Waals surface area contributed by atoms with Crippen LogP contribution in [0, 0.1) is 11.8 Å². The average molecular weight is 646 g/mol. The van der Waals surface area contributed by atoms with Crippen LogP contribution in [0.2, 0.25) is 0 Å². The molecule has 2 unspecified atom stereocenters. The molecule has 1 nitrogen and oxygen atoms in total. The lowest BCUT2D eigenvalue weighted by Gasteiger charge is -2.22. The number of rotatable bonds is 39. The van der Waals surface area contributed by atoms with Crippen molar-refractivity contribution in [1.29, 1.82) is 0 Å². The van der Waals surface area contributed by atoms with Crippen LogP contribution in [0.3, 0.4) is 0 Å². The van der Waals surface area contributed by atoms with Gasteiger partial charge < -0.3 is 4.90 Å². The highest BCUT2D eigenvalue weighted by Crippen LogP contribution is 2.26. The van der Waals surface area contributed by atoms with Crippen LogP contribution in [0.25, 0.3) is 0 Å². The van der Waals surface area contributed by atoms with Gasteiger partial charge in [0.25, 0.3) is 0 Å². The summed E-state index contributed by atoms with van der Waals surface area (Å²) in [5, 5.41) is 0. The van der Waals surface area contributed by atoms with Gasteiger partial charge in [0.1, 0.15) is 0 Å². The molecule has 0 amide bonds. The van der Waals surface area contributed by atoms with Gasteiger partial charge in [0.15, 0.2) is 0 Å². The first kappa shape index (κ1) is 45.7. The Bertz CT molecular complexity index is 582. The van der Waals surface area contributed by atoms with E-state index in [4.69, 9.17) is 0 Å². The SMILES string of the molecule is C=C(CCCCCCCN(CCCC)CCCCCCCCC(CCCC)CCCCCC)CCC(CCCC)CCCCCC. The van der Waals surface area contributed by atoms with Crippen LogP contribution in [0.4, 0.5) is 0 Å². The van der Waals surface area contributed by atoms with Crippen molar-refractivity contribution in [3.8, 4) is 0 Å². The third kappa shape index (κ3) is 32.3. The standard InChI is InChI=1S/C45H91N/c1-7-12-17-27-35-44(33-14-9-3)36-29-23-19-20-24-30-41-46(40-16-11-5)42-31-25-21-22-26-32-43(6)38-39-45(34-15-10-4)37-28-18-13-8-2/h44-45H,6-42H2,1-5H3. The van der Waals surface area contributed by atoms with E-state index >= 15 is 0 Å². The van der Waals surface area contributed by atoms with E-state index in [9.17, 15) is 0 Å². The van der Waals surface area contributed by atoms with Gasteiger partial charge >= 0.3 is 0 Å². The summed E-state index contributed by atoms with van der Waals surface area (Å²) >= 11 is 0. The molecular formula is C45H91N. The fourth-order valence-electron chi connectivity index (χ4n) is 7.54. The fraction of sp³-hybridized carbons (Fsp3) is 0.956. The Labute approximate surface area is 294 Å². The van der Waals surface area contributed by atoms with Crippen molar-refractivity contribution >= 4 is 0 Å². The maximum absolute atomic E-state index is 4.48. The number of hydrogen-bond acceptors (Lipinski definition) is 1. The second kappa shape index (κ2) is 37.5. The summed E-state index contributed by atoms with van der Waals surface area (Å²) in [6.45, 7) is 20.2. The van der Waals surface area contributed by atoms with Crippen molar-refractivity contribution < 1.29 is 0 Å². The Balaban J connectivity index is 3.97. The zero-order valence-corrected chi connectivity index (χ0v) is 33.3. The summed E-state index contributed by atoms with van der Waals surface area (Å²) in [6.07, 6.45) is 46.8. The molecule has 0 aromatic carbocycles. The van der Waals surface area contributed by atoms with Crippen molar-refractivity contribution in [3.05, 3.63) is 12.2 Å². The predicted molar refractivity (Wildman–Crippen MR) is 213 cm³/mol. The van der Waals surface area contributed by atoms with Crippen molar-refractivity contribution in [3.63, 3.8) is 0 Å². The number of nitrogens with zero attached hydrogens (tertiary/aromatic N) is 1. The number of hydrogen-bond donors (Lipinski definition) is 0. The second-order valence-electron chi connectivity index (χ2n) is 15.6. The highest BCUT2D eigenvalue weighted by atomic mass is 15.1. The van der Waals surface area contributed by atoms with Crippen LogP contribution in [-0.4, -0.2) is 24.5 Å². The summed E-state index contributed by atoms with van der Waals surface area (Å²) in [4.78, 5) is 2.80. The van der Waals surface area contributed by atoms with Crippen LogP contribution < -0.4 is 0 Å². The smallest absolute Gasteiger partial charge is 0.00187 e. The van der Waals surface area contributed by atoms with Crippen LogP contribution in [0.1, 0.15) is 247 Å². The van der Waals surface area contributed by atoms with E-state index in [1.54, 1.807) is 0 Å². The quantitative estimate of drug-likeness (QED) is 0.0475. The fourth-order valence-corrected chi connectivity index (χ4v) is 7.54. The van der Waals surface area contributed by atoms with Crippen LogP contribution in [0.15, 0.2) is 12.2 Å². The normalized spacial score (nSPS) is 13.1. The van der Waals surface area contributed by atoms with E-state index in [0.29, 0.717) is 0 Å². The summed E-state index contributed by atoms with van der Waals surface area (Å²) in [7, 11) is 0. The van der Waals surface area contributed by atoms with Gasteiger partial charge in [0, 0.05) is 0 Å². The Morgan fingerprint density at radius 2 is 0.696 bits per heavy atom. The van der Waals surface area contributed by atoms with Crippen molar-refractivity contribution in [2.75, 3.05) is 19.6 Å². The molecule has 2 atom stereocenters. The molecule has 276 valence electrons. The minimum atomic E-state index is 0.951. The lowest BCUT2D eigenvalue weighted by atomic mass is 9.89. The molecule has 0 aromatic rings. The maximum atomic E-state index is 4.48. The van der Waals surface area contributed by atoms with Gasteiger partial charge in [0.2, 0.25) is 0 Å². The van der Waals surface area contributed by atoms with Crippen LogP contribution >= 0.6 is 0 Å². The molecule has 0 saturated carbocycles. The first-order valence-electron chi connectivity index (χ1n) is 22.0. The zero-order valence-electron chi connectivity index (χ0n) is 33.3. The van der Waals surface area contributed by atoms with E-state index in [1.165, 1.54) is 237 Å². The molecule has 46 heavy (non-hydrogen) atoms. The third-order valence-corrected chi connectivity index (χ3v) is 10.9. The average Bonchev–Trinajstić information content (AvgIpc) is 3.06. The lowest BCUT2D eigenvalue weighted by molar-refractivity contribution is 0.256. The van der Waals surface area contributed by atoms with E-state index in [2.05, 4.69) is 46.1 Å². The molecular weight excluding hydrogens is 555 g/mol. The Hall–Kier alpha value is -0.300. The summed E-state index contributed by atoms with van der Waals surface area (Å²) in [5.74, 6) is 1.97. The monoisotopic (exact) mass is 646 g/mol. The van der Waals surface area contributed by atoms with E-state index in [0.717, 1.165) is 11.8 Å². The molecule has 0 saturated heterocycles. The molecule has 0 aliphatic heterocycles. The minimum Gasteiger partial charge on any atom is -0.303 e. The Kier molecular flexibility index (Phi) is 37.3. The zero-order chi connectivity index (χ0) is 33.8. The van der Waals surface area contributed by atoms with E-state index in [1.807, 2.05) is 0 Å². The summed E-state index contributed by atoms with van der Waals surface area (Å²) in [5.41, 5.74) is 1.54. The van der Waals surface area contributed by atoms with Crippen molar-refractivity contribution in [2.45, 2.75) is 247 Å². The first-order valence-corrected chi connectivity index (χ1v) is 22.0. The van der Waals surface area contributed by atoms with Crippen LogP contribution in [0.5, 0.6) is 0 Å². The molecule has 0 aliphatic carbocycles. The van der Waals surface area contributed by atoms with Gasteiger partial charge in [-0.1, -0.05) is 214 Å². The van der Waals surface area contributed by atoms with Crippen molar-refractivity contribution in [1.82, 2.24) is 4.90 Å². The number of unbranched alkanes of at least 4 members (excludes halogenated alkanes) is 18. The predicted octanol–water partition coefficient (Wildman–Crippen LogP) is 16.0. The molecule has 0 aliphatic rings. The Morgan fingerprint density at radius 3 is 1.17 bits per heavy atom. The molecule has 0 fully saturated rings. The summed E-state index contributed by atoms with van der Waals surface area (Å²) < 4.78 is 0. The molecule has 0 rings (SSSR count). The van der Waals surface area contributed by atoms with Gasteiger partial charge in [-0.15, -0.1) is 0 Å². The highest BCUT2D eigenvalue weighted by Gasteiger charge is 2.10. The Morgan fingerprint density at radius 1 is 0.348 bits per heavy atom. The van der Waals surface area contributed by atoms with Gasteiger partial charge in [-0.3, -0.25) is 0 Å². The molecule has 0 spiro atoms.